The maximum Gasteiger partial charge on any atom is 0.255 e. The second kappa shape index (κ2) is 16.1. The molecule has 0 radical (unpaired) electrons. The van der Waals surface area contributed by atoms with E-state index >= 15 is 0 Å². The molecule has 0 aliphatic carbocycles. The van der Waals surface area contributed by atoms with Crippen LogP contribution in [-0.2, 0) is 0 Å². The lowest BCUT2D eigenvalue weighted by atomic mass is 10.1. The minimum absolute atomic E-state index is 0.0553. The second-order valence-electron chi connectivity index (χ2n) is 11.8. The first-order valence-electron chi connectivity index (χ1n) is 16.5. The first kappa shape index (κ1) is 35.4. The molecule has 0 aliphatic rings. The Morgan fingerprint density at radius 3 is 1.47 bits per heavy atom. The van der Waals surface area contributed by atoms with Crippen molar-refractivity contribution in [2.45, 2.75) is 6.92 Å². The molecule has 0 unspecified atom stereocenters. The van der Waals surface area contributed by atoms with E-state index in [1.54, 1.807) is 66.7 Å². The van der Waals surface area contributed by atoms with Crippen LogP contribution in [0.4, 0.5) is 22.7 Å². The van der Waals surface area contributed by atoms with Gasteiger partial charge < -0.3 is 35.8 Å². The van der Waals surface area contributed by atoms with Crippen LogP contribution in [0, 0.1) is 0 Å². The zero-order chi connectivity index (χ0) is 37.3. The van der Waals surface area contributed by atoms with Gasteiger partial charge in [-0.05, 0) is 116 Å². The van der Waals surface area contributed by atoms with Gasteiger partial charge in [0.25, 0.3) is 17.7 Å². The van der Waals surface area contributed by atoms with E-state index in [0.717, 1.165) is 5.69 Å². The van der Waals surface area contributed by atoms with Crippen molar-refractivity contribution in [2.24, 2.45) is 0 Å². The van der Waals surface area contributed by atoms with E-state index in [1.165, 1.54) is 37.3 Å². The molecule has 6 aromatic rings. The highest BCUT2D eigenvalue weighted by atomic mass is 16.5. The molecule has 0 bridgehead atoms. The lowest BCUT2D eigenvalue weighted by Gasteiger charge is -2.12. The van der Waals surface area contributed by atoms with Crippen molar-refractivity contribution in [3.05, 3.63) is 162 Å². The highest BCUT2D eigenvalue weighted by Crippen LogP contribution is 2.30. The molecule has 0 fully saturated rings. The molecular weight excluding hydrogens is 672 g/mol. The first-order chi connectivity index (χ1) is 25.6. The Labute approximate surface area is 305 Å². The van der Waals surface area contributed by atoms with E-state index in [0.29, 0.717) is 34.2 Å². The monoisotopic (exact) mass is 706 g/mol. The Balaban J connectivity index is 1.05. The van der Waals surface area contributed by atoms with Gasteiger partial charge in [-0.1, -0.05) is 24.3 Å². The van der Waals surface area contributed by atoms with Crippen LogP contribution in [0.5, 0.6) is 28.7 Å². The van der Waals surface area contributed by atoms with Crippen molar-refractivity contribution < 1.29 is 33.8 Å². The van der Waals surface area contributed by atoms with Crippen LogP contribution < -0.4 is 30.7 Å². The number of ketones is 1. The van der Waals surface area contributed by atoms with E-state index < -0.39 is 17.7 Å². The predicted molar refractivity (Wildman–Crippen MR) is 204 cm³/mol. The van der Waals surface area contributed by atoms with Crippen LogP contribution in [0.15, 0.2) is 140 Å². The van der Waals surface area contributed by atoms with Gasteiger partial charge in [0.15, 0.2) is 5.78 Å². The van der Waals surface area contributed by atoms with E-state index in [9.17, 15) is 24.3 Å². The molecule has 0 atom stereocenters. The summed E-state index contributed by atoms with van der Waals surface area (Å²) in [7, 11) is 1.85. The Morgan fingerprint density at radius 1 is 0.472 bits per heavy atom. The summed E-state index contributed by atoms with van der Waals surface area (Å²) in [4.78, 5) is 50.8. The summed E-state index contributed by atoms with van der Waals surface area (Å²) in [6.07, 6.45) is 0. The van der Waals surface area contributed by atoms with Crippen molar-refractivity contribution in [3.8, 4) is 28.7 Å². The Kier molecular flexibility index (Phi) is 10.8. The average molecular weight is 707 g/mol. The molecule has 0 aromatic heterocycles. The molecule has 264 valence electrons. The minimum atomic E-state index is -0.545. The highest BCUT2D eigenvalue weighted by molar-refractivity contribution is 6.10. The summed E-state index contributed by atoms with van der Waals surface area (Å²) in [5.41, 5.74) is 2.91. The van der Waals surface area contributed by atoms with Crippen molar-refractivity contribution in [3.63, 3.8) is 0 Å². The molecule has 0 aliphatic heterocycles. The van der Waals surface area contributed by atoms with Crippen LogP contribution in [0.25, 0.3) is 0 Å². The van der Waals surface area contributed by atoms with Gasteiger partial charge in [0, 0.05) is 52.4 Å². The largest absolute Gasteiger partial charge is 0.506 e. The number of rotatable bonds is 12. The van der Waals surface area contributed by atoms with E-state index in [-0.39, 0.29) is 39.6 Å². The number of nitrogens with one attached hydrogen (secondary N) is 4. The molecule has 11 nitrogen and oxygen atoms in total. The third-order valence-corrected chi connectivity index (χ3v) is 7.95. The predicted octanol–water partition coefficient (Wildman–Crippen LogP) is 8.98. The summed E-state index contributed by atoms with van der Waals surface area (Å²) in [6.45, 7) is 1.40. The summed E-state index contributed by atoms with van der Waals surface area (Å²) < 4.78 is 11.9. The van der Waals surface area contributed by atoms with Gasteiger partial charge in [-0.15, -0.1) is 0 Å². The number of phenolic OH excluding ortho intramolecular Hbond substituents is 1. The number of benzene rings is 6. The van der Waals surface area contributed by atoms with Crippen molar-refractivity contribution in [1.29, 1.82) is 0 Å². The zero-order valence-corrected chi connectivity index (χ0v) is 28.7. The van der Waals surface area contributed by atoms with Crippen LogP contribution >= 0.6 is 0 Å². The van der Waals surface area contributed by atoms with Crippen molar-refractivity contribution >= 4 is 46.3 Å². The van der Waals surface area contributed by atoms with E-state index in [4.69, 9.17) is 9.47 Å². The third kappa shape index (κ3) is 9.24. The van der Waals surface area contributed by atoms with E-state index in [2.05, 4.69) is 21.3 Å². The molecule has 5 N–H and O–H groups in total. The fourth-order valence-corrected chi connectivity index (χ4v) is 5.17. The number of phenols is 1. The lowest BCUT2D eigenvalue weighted by molar-refractivity contribution is 0.100. The maximum absolute atomic E-state index is 13.2. The quantitative estimate of drug-likeness (QED) is 0.0480. The first-order valence-corrected chi connectivity index (χ1v) is 16.5. The number of hydrogen-bond donors (Lipinski definition) is 5. The molecule has 0 heterocycles. The van der Waals surface area contributed by atoms with Gasteiger partial charge in [0.05, 0.1) is 5.69 Å². The Hall–Kier alpha value is -7.40. The smallest absolute Gasteiger partial charge is 0.255 e. The van der Waals surface area contributed by atoms with Crippen LogP contribution in [0.1, 0.15) is 48.4 Å². The fraction of sp³-hybridized carbons (Fsp3) is 0.0476. The molecule has 11 heteroatoms. The number of hydrogen-bond acceptors (Lipinski definition) is 8. The molecule has 53 heavy (non-hydrogen) atoms. The van der Waals surface area contributed by atoms with Gasteiger partial charge in [-0.3, -0.25) is 19.2 Å². The van der Waals surface area contributed by atoms with Crippen LogP contribution in [0.2, 0.25) is 0 Å². The standard InChI is InChI=1S/C42H34N4O7/c1-26(47)27-6-3-7-28(22-27)42(51)46-38-24-33(16-21-39(38)48)45-41(50)30-9-4-8-29(23-30)40(49)44-32-14-19-35(20-15-32)53-37-11-5-10-36(25-37)52-34-17-12-31(43-2)13-18-34/h3-25,43,48H,1-2H3,(H,44,49)(H,45,50)(H,46,51). The molecule has 0 saturated carbocycles. The SMILES string of the molecule is CNc1ccc(Oc2cccc(Oc3ccc(NC(=O)c4cccc(C(=O)Nc5ccc(O)c(NC(=O)c6cccc(C(C)=O)c6)c5)c4)cc3)c2)cc1. The third-order valence-electron chi connectivity index (χ3n) is 7.95. The molecule has 6 aromatic carbocycles. The Bertz CT molecular complexity index is 2300. The molecular formula is C42H34N4O7. The topological polar surface area (TPSA) is 155 Å². The van der Waals surface area contributed by atoms with Gasteiger partial charge in [-0.25, -0.2) is 0 Å². The van der Waals surface area contributed by atoms with Gasteiger partial charge in [0.1, 0.15) is 28.7 Å². The number of ether oxygens (including phenoxy) is 2. The fourth-order valence-electron chi connectivity index (χ4n) is 5.17. The molecule has 3 amide bonds. The maximum atomic E-state index is 13.2. The highest BCUT2D eigenvalue weighted by Gasteiger charge is 2.15. The number of carbonyl (C=O) groups excluding carboxylic acids is 4. The Morgan fingerprint density at radius 2 is 0.925 bits per heavy atom. The van der Waals surface area contributed by atoms with Crippen LogP contribution in [0.3, 0.4) is 0 Å². The lowest BCUT2D eigenvalue weighted by Crippen LogP contribution is -2.16. The average Bonchev–Trinajstić information content (AvgIpc) is 3.17. The summed E-state index contributed by atoms with van der Waals surface area (Å²) in [5, 5.41) is 21.6. The minimum Gasteiger partial charge on any atom is -0.506 e. The van der Waals surface area contributed by atoms with E-state index in [1.807, 2.05) is 49.5 Å². The van der Waals surface area contributed by atoms with Crippen molar-refractivity contribution in [1.82, 2.24) is 0 Å². The molecule has 6 rings (SSSR count). The van der Waals surface area contributed by atoms with Gasteiger partial charge in [-0.2, -0.15) is 0 Å². The summed E-state index contributed by atoms with van der Waals surface area (Å²) in [5.74, 6) is 0.541. The number of aromatic hydroxyl groups is 1. The second-order valence-corrected chi connectivity index (χ2v) is 11.8. The van der Waals surface area contributed by atoms with Crippen molar-refractivity contribution in [2.75, 3.05) is 28.3 Å². The number of Topliss-reactive ketones (excluding diaryl/α,β-unsaturated/α-hetero) is 1. The summed E-state index contributed by atoms with van der Waals surface area (Å²) >= 11 is 0. The number of carbonyl (C=O) groups is 4. The van der Waals surface area contributed by atoms with Crippen LogP contribution in [-0.4, -0.2) is 35.7 Å². The normalized spacial score (nSPS) is 10.5. The zero-order valence-electron chi connectivity index (χ0n) is 28.7. The van der Waals surface area contributed by atoms with Gasteiger partial charge >= 0.3 is 0 Å². The number of amides is 3. The molecule has 0 saturated heterocycles. The number of anilines is 4. The molecule has 0 spiro atoms. The van der Waals surface area contributed by atoms with Gasteiger partial charge in [0.2, 0.25) is 0 Å². The summed E-state index contributed by atoms with van der Waals surface area (Å²) in [6, 6.07) is 38.3.